The van der Waals surface area contributed by atoms with Crippen molar-refractivity contribution in [3.05, 3.63) is 34.3 Å². The number of hydrogen-bond acceptors (Lipinski definition) is 6. The summed E-state index contributed by atoms with van der Waals surface area (Å²) in [5.74, 6) is -1.97. The largest absolute Gasteiger partial charge is 0.386 e. The van der Waals surface area contributed by atoms with Gasteiger partial charge >= 0.3 is 0 Å². The number of methoxy groups -OCH3 is 2. The molecule has 0 unspecified atom stereocenters. The van der Waals surface area contributed by atoms with Crippen molar-refractivity contribution >= 4 is 21.8 Å². The maximum Gasteiger partial charge on any atom is 0.292 e. The molecule has 3 rings (SSSR count). The predicted molar refractivity (Wildman–Crippen MR) is 81.3 cm³/mol. The Morgan fingerprint density at radius 2 is 1.95 bits per heavy atom. The molecule has 1 heterocycles. The Morgan fingerprint density at radius 3 is 2.45 bits per heavy atom. The van der Waals surface area contributed by atoms with Crippen molar-refractivity contribution < 1.29 is 9.47 Å². The minimum Gasteiger partial charge on any atom is -0.386 e. The summed E-state index contributed by atoms with van der Waals surface area (Å²) in [5, 5.41) is 19.7. The quantitative estimate of drug-likeness (QED) is 0.828. The molecule has 6 nitrogen and oxygen atoms in total. The Labute approximate surface area is 136 Å². The second kappa shape index (κ2) is 4.53. The molecule has 2 N–H and O–H groups in total. The molecule has 1 aliphatic heterocycles. The molecule has 1 saturated carbocycles. The average Bonchev–Trinajstić information content (AvgIpc) is 3.11. The molecule has 0 bridgehead atoms. The van der Waals surface area contributed by atoms with E-state index in [0.717, 1.165) is 10.0 Å². The van der Waals surface area contributed by atoms with Crippen LogP contribution < -0.4 is 5.73 Å². The van der Waals surface area contributed by atoms with E-state index in [9.17, 15) is 10.5 Å². The fourth-order valence-corrected chi connectivity index (χ4v) is 4.12. The molecule has 3 atom stereocenters. The fraction of sp³-hybridized carbons (Fsp3) is 0.400. The minimum atomic E-state index is -1.57. The number of aliphatic imine (C=N–C) groups is 1. The van der Waals surface area contributed by atoms with Crippen LogP contribution in [-0.4, -0.2) is 26.0 Å². The maximum atomic E-state index is 9.88. The normalized spacial score (nSPS) is 34.2. The first-order chi connectivity index (χ1) is 10.5. The molecule has 7 heteroatoms. The molecule has 2 aliphatic rings. The number of halogens is 1. The van der Waals surface area contributed by atoms with Gasteiger partial charge in [-0.05, 0) is 17.7 Å². The van der Waals surface area contributed by atoms with Crippen LogP contribution in [-0.2, 0) is 9.47 Å². The number of ether oxygens (including phenoxy) is 2. The third kappa shape index (κ3) is 1.32. The molecular weight excluding hydrogens is 348 g/mol. The van der Waals surface area contributed by atoms with Crippen LogP contribution in [0.5, 0.6) is 0 Å². The minimum absolute atomic E-state index is 0.0743. The molecule has 1 aromatic carbocycles. The van der Waals surface area contributed by atoms with Crippen LogP contribution in [0.25, 0.3) is 0 Å². The third-order valence-corrected chi connectivity index (χ3v) is 5.16. The number of amidine groups is 1. The van der Waals surface area contributed by atoms with Gasteiger partial charge in [0.25, 0.3) is 5.91 Å². The highest BCUT2D eigenvalue weighted by Gasteiger charge is 2.93. The van der Waals surface area contributed by atoms with E-state index in [1.54, 1.807) is 0 Å². The van der Waals surface area contributed by atoms with Gasteiger partial charge in [0.2, 0.25) is 0 Å². The number of nitriles is 2. The summed E-state index contributed by atoms with van der Waals surface area (Å²) in [4.78, 5) is 4.17. The van der Waals surface area contributed by atoms with Gasteiger partial charge in [0.1, 0.15) is 11.3 Å². The van der Waals surface area contributed by atoms with Crippen molar-refractivity contribution in [2.24, 2.45) is 21.6 Å². The second-order valence-corrected chi connectivity index (χ2v) is 6.23. The SMILES string of the molecule is COC1(OC)N=C(N)[C@@]2(C#N)[C@H](c3cccc(Br)c3)[C@@]12C#N. The number of hydrogen-bond donors (Lipinski definition) is 1. The number of rotatable bonds is 3. The number of nitrogens with two attached hydrogens (primary N) is 1. The summed E-state index contributed by atoms with van der Waals surface area (Å²) in [6, 6.07) is 11.8. The molecule has 112 valence electrons. The zero-order chi connectivity index (χ0) is 16.2. The van der Waals surface area contributed by atoms with Crippen molar-refractivity contribution in [2.75, 3.05) is 14.2 Å². The van der Waals surface area contributed by atoms with Crippen LogP contribution in [0.2, 0.25) is 0 Å². The zero-order valence-electron chi connectivity index (χ0n) is 12.0. The van der Waals surface area contributed by atoms with Crippen LogP contribution >= 0.6 is 15.9 Å². The van der Waals surface area contributed by atoms with Crippen molar-refractivity contribution in [3.63, 3.8) is 0 Å². The molecule has 0 spiro atoms. The lowest BCUT2D eigenvalue weighted by Gasteiger charge is -2.29. The van der Waals surface area contributed by atoms with E-state index >= 15 is 0 Å². The Morgan fingerprint density at radius 1 is 1.27 bits per heavy atom. The molecule has 1 fully saturated rings. The summed E-state index contributed by atoms with van der Waals surface area (Å²) in [6.45, 7) is 0. The third-order valence-electron chi connectivity index (χ3n) is 4.66. The summed E-state index contributed by atoms with van der Waals surface area (Å²) >= 11 is 3.41. The van der Waals surface area contributed by atoms with Gasteiger partial charge in [0.15, 0.2) is 5.41 Å². The molecule has 0 saturated heterocycles. The Kier molecular flexibility index (Phi) is 3.09. The van der Waals surface area contributed by atoms with Crippen LogP contribution in [0.3, 0.4) is 0 Å². The van der Waals surface area contributed by atoms with E-state index in [1.165, 1.54) is 14.2 Å². The molecule has 0 aromatic heterocycles. The summed E-state index contributed by atoms with van der Waals surface area (Å²) in [6.07, 6.45) is 0. The number of benzene rings is 1. The molecular formula is C15H13BrN4O2. The standard InChI is InChI=1S/C15H13BrN4O2/c1-21-15(22-2)14(8-18)11(9-4-3-5-10(16)6-9)13(14,7-17)12(19)20-15/h3-6,11H,1-2H3,(H2,19,20)/t11-,13+,14+/m0/s1. The van der Waals surface area contributed by atoms with Gasteiger partial charge in [-0.3, -0.25) is 0 Å². The molecule has 0 radical (unpaired) electrons. The van der Waals surface area contributed by atoms with E-state index < -0.39 is 22.7 Å². The Hall–Kier alpha value is -1.93. The van der Waals surface area contributed by atoms with Gasteiger partial charge in [-0.1, -0.05) is 28.1 Å². The van der Waals surface area contributed by atoms with Crippen molar-refractivity contribution in [2.45, 2.75) is 11.8 Å². The van der Waals surface area contributed by atoms with Crippen molar-refractivity contribution in [3.8, 4) is 12.1 Å². The van der Waals surface area contributed by atoms with Crippen LogP contribution in [0.15, 0.2) is 33.7 Å². The lowest BCUT2D eigenvalue weighted by Crippen LogP contribution is -2.41. The van der Waals surface area contributed by atoms with Gasteiger partial charge in [-0.15, -0.1) is 0 Å². The highest BCUT2D eigenvalue weighted by atomic mass is 79.9. The maximum absolute atomic E-state index is 9.88. The first-order valence-corrected chi connectivity index (χ1v) is 7.33. The van der Waals surface area contributed by atoms with Gasteiger partial charge in [-0.25, -0.2) is 4.99 Å². The van der Waals surface area contributed by atoms with Crippen LogP contribution in [0, 0.1) is 33.5 Å². The van der Waals surface area contributed by atoms with Crippen LogP contribution in [0.1, 0.15) is 11.5 Å². The lowest BCUT2D eigenvalue weighted by molar-refractivity contribution is -0.230. The summed E-state index contributed by atoms with van der Waals surface area (Å²) < 4.78 is 11.7. The lowest BCUT2D eigenvalue weighted by atomic mass is 9.93. The predicted octanol–water partition coefficient (Wildman–Crippen LogP) is 1.88. The average molecular weight is 361 g/mol. The van der Waals surface area contributed by atoms with E-state index in [0.29, 0.717) is 0 Å². The van der Waals surface area contributed by atoms with Gasteiger partial charge in [0.05, 0.1) is 12.1 Å². The van der Waals surface area contributed by atoms with Gasteiger partial charge in [0, 0.05) is 24.6 Å². The monoisotopic (exact) mass is 360 g/mol. The van der Waals surface area contributed by atoms with Crippen molar-refractivity contribution in [1.82, 2.24) is 0 Å². The highest BCUT2D eigenvalue weighted by molar-refractivity contribution is 9.10. The topological polar surface area (TPSA) is 104 Å². The first-order valence-electron chi connectivity index (χ1n) is 6.53. The van der Waals surface area contributed by atoms with E-state index in [-0.39, 0.29) is 5.84 Å². The molecule has 0 amide bonds. The first kappa shape index (κ1) is 15.0. The molecule has 1 aromatic rings. The van der Waals surface area contributed by atoms with Gasteiger partial charge < -0.3 is 15.2 Å². The Balaban J connectivity index is 2.26. The van der Waals surface area contributed by atoms with E-state index in [1.807, 2.05) is 24.3 Å². The van der Waals surface area contributed by atoms with Crippen molar-refractivity contribution in [1.29, 1.82) is 10.5 Å². The summed E-state index contributed by atoms with van der Waals surface area (Å²) in [7, 11) is 2.78. The van der Waals surface area contributed by atoms with E-state index in [2.05, 4.69) is 33.1 Å². The zero-order valence-corrected chi connectivity index (χ0v) is 13.6. The van der Waals surface area contributed by atoms with Gasteiger partial charge in [-0.2, -0.15) is 10.5 Å². The smallest absolute Gasteiger partial charge is 0.292 e. The fourth-order valence-electron chi connectivity index (χ4n) is 3.71. The number of nitrogens with zero attached hydrogens (tertiary/aromatic N) is 3. The molecule has 1 aliphatic carbocycles. The molecule has 22 heavy (non-hydrogen) atoms. The second-order valence-electron chi connectivity index (χ2n) is 5.31. The highest BCUT2D eigenvalue weighted by Crippen LogP contribution is 2.81. The number of fused-ring (bicyclic) bond motifs is 1. The summed E-state index contributed by atoms with van der Waals surface area (Å²) in [5.41, 5.74) is 4.29. The van der Waals surface area contributed by atoms with E-state index in [4.69, 9.17) is 15.2 Å². The van der Waals surface area contributed by atoms with Crippen LogP contribution in [0.4, 0.5) is 0 Å². The Bertz CT molecular complexity index is 762.